The molecule has 0 aromatic carbocycles. The van der Waals surface area contributed by atoms with E-state index in [2.05, 4.69) is 41.4 Å². The van der Waals surface area contributed by atoms with Gasteiger partial charge in [-0.05, 0) is 47.8 Å². The van der Waals surface area contributed by atoms with Gasteiger partial charge in [-0.2, -0.15) is 0 Å². The molecule has 20 heavy (non-hydrogen) atoms. The molecule has 2 N–H and O–H groups in total. The van der Waals surface area contributed by atoms with E-state index in [0.717, 1.165) is 21.5 Å². The van der Waals surface area contributed by atoms with Crippen molar-refractivity contribution in [3.05, 3.63) is 15.1 Å². The van der Waals surface area contributed by atoms with Crippen LogP contribution in [-0.2, 0) is 6.42 Å². The molecule has 0 radical (unpaired) electrons. The first kappa shape index (κ1) is 16.0. The number of hydrogen-bond donors (Lipinski definition) is 1. The molecule has 1 fully saturated rings. The molecule has 1 saturated carbocycles. The average molecular weight is 387 g/mol. The van der Waals surface area contributed by atoms with Crippen molar-refractivity contribution in [1.29, 1.82) is 0 Å². The van der Waals surface area contributed by atoms with E-state index in [4.69, 9.17) is 10.7 Å². The summed E-state index contributed by atoms with van der Waals surface area (Å²) >= 11 is 2.29. The van der Waals surface area contributed by atoms with Crippen LogP contribution in [0, 0.1) is 9.49 Å². The van der Waals surface area contributed by atoms with Gasteiger partial charge in [-0.3, -0.25) is 0 Å². The zero-order valence-corrected chi connectivity index (χ0v) is 14.8. The van der Waals surface area contributed by atoms with Gasteiger partial charge in [0.15, 0.2) is 0 Å². The lowest BCUT2D eigenvalue weighted by molar-refractivity contribution is 0.441. The number of nitrogens with two attached hydrogens (primary N) is 1. The summed E-state index contributed by atoms with van der Waals surface area (Å²) in [5.74, 6) is 2.79. The van der Waals surface area contributed by atoms with Gasteiger partial charge in [0.05, 0.1) is 9.26 Å². The normalized spacial score (nSPS) is 18.0. The number of hydrogen-bond acceptors (Lipinski definition) is 3. The van der Waals surface area contributed by atoms with Crippen LogP contribution >= 0.6 is 22.6 Å². The summed E-state index contributed by atoms with van der Waals surface area (Å²) in [4.78, 5) is 9.47. The number of nitrogen functional groups attached to an aromatic ring is 1. The highest BCUT2D eigenvalue weighted by molar-refractivity contribution is 14.1. The molecule has 0 atom stereocenters. The van der Waals surface area contributed by atoms with Crippen LogP contribution in [0.5, 0.6) is 0 Å². The van der Waals surface area contributed by atoms with E-state index < -0.39 is 0 Å². The summed E-state index contributed by atoms with van der Waals surface area (Å²) in [5.41, 5.74) is 7.26. The van der Waals surface area contributed by atoms with E-state index in [1.54, 1.807) is 0 Å². The second kappa shape index (κ2) is 7.57. The molecule has 1 aliphatic carbocycles. The Morgan fingerprint density at radius 2 is 1.70 bits per heavy atom. The van der Waals surface area contributed by atoms with Crippen LogP contribution in [0.2, 0.25) is 0 Å². The molecular weight excluding hydrogens is 361 g/mol. The molecule has 2 rings (SSSR count). The first-order valence-electron chi connectivity index (χ1n) is 7.89. The van der Waals surface area contributed by atoms with Crippen LogP contribution in [-0.4, -0.2) is 9.97 Å². The van der Waals surface area contributed by atoms with Crippen molar-refractivity contribution in [2.24, 2.45) is 5.92 Å². The smallest absolute Gasteiger partial charge is 0.140 e. The Hall–Kier alpha value is -0.390. The lowest BCUT2D eigenvalue weighted by atomic mass is 9.90. The number of anilines is 1. The monoisotopic (exact) mass is 387 g/mol. The lowest BCUT2D eigenvalue weighted by Crippen LogP contribution is -2.13. The Kier molecular flexibility index (Phi) is 6.05. The highest BCUT2D eigenvalue weighted by atomic mass is 127. The van der Waals surface area contributed by atoms with Gasteiger partial charge >= 0.3 is 0 Å². The van der Waals surface area contributed by atoms with Gasteiger partial charge in [0.1, 0.15) is 11.6 Å². The van der Waals surface area contributed by atoms with E-state index >= 15 is 0 Å². The van der Waals surface area contributed by atoms with Crippen molar-refractivity contribution in [3.63, 3.8) is 0 Å². The lowest BCUT2D eigenvalue weighted by Gasteiger charge is -2.20. The van der Waals surface area contributed by atoms with Gasteiger partial charge in [0.25, 0.3) is 0 Å². The van der Waals surface area contributed by atoms with Gasteiger partial charge in [-0.25, -0.2) is 9.97 Å². The van der Waals surface area contributed by atoms with Crippen LogP contribution in [0.1, 0.15) is 76.2 Å². The molecule has 1 aliphatic rings. The molecule has 0 unspecified atom stereocenters. The Morgan fingerprint density at radius 1 is 1.10 bits per heavy atom. The SMILES string of the molecule is CC(C)Cc1nc(C2CCCCCCC2)nc(N)c1I. The zero-order chi connectivity index (χ0) is 14.5. The highest BCUT2D eigenvalue weighted by Gasteiger charge is 2.19. The summed E-state index contributed by atoms with van der Waals surface area (Å²) in [7, 11) is 0. The topological polar surface area (TPSA) is 51.8 Å². The third kappa shape index (κ3) is 4.30. The molecule has 0 spiro atoms. The number of aromatic nitrogens is 2. The Bertz CT molecular complexity index is 438. The largest absolute Gasteiger partial charge is 0.383 e. The van der Waals surface area contributed by atoms with Crippen LogP contribution < -0.4 is 5.73 Å². The third-order valence-electron chi connectivity index (χ3n) is 4.03. The fourth-order valence-electron chi connectivity index (χ4n) is 2.95. The second-order valence-corrected chi connectivity index (χ2v) is 7.45. The summed E-state index contributed by atoms with van der Waals surface area (Å²) in [6.45, 7) is 4.45. The minimum atomic E-state index is 0.514. The molecule has 3 nitrogen and oxygen atoms in total. The summed E-state index contributed by atoms with van der Waals surface area (Å²) in [6.07, 6.45) is 10.2. The quantitative estimate of drug-likeness (QED) is 0.766. The Balaban J connectivity index is 2.23. The molecule has 1 heterocycles. The van der Waals surface area contributed by atoms with Crippen molar-refractivity contribution in [3.8, 4) is 0 Å². The van der Waals surface area contributed by atoms with Gasteiger partial charge in [-0.1, -0.05) is 46.0 Å². The highest BCUT2D eigenvalue weighted by Crippen LogP contribution is 2.31. The maximum absolute atomic E-state index is 6.12. The second-order valence-electron chi connectivity index (χ2n) is 6.37. The Labute approximate surface area is 136 Å². The first-order chi connectivity index (χ1) is 9.58. The number of nitrogens with zero attached hydrogens (tertiary/aromatic N) is 2. The van der Waals surface area contributed by atoms with E-state index in [9.17, 15) is 0 Å². The maximum Gasteiger partial charge on any atom is 0.140 e. The van der Waals surface area contributed by atoms with Crippen LogP contribution in [0.3, 0.4) is 0 Å². The fraction of sp³-hybridized carbons (Fsp3) is 0.750. The zero-order valence-electron chi connectivity index (χ0n) is 12.7. The summed E-state index contributed by atoms with van der Waals surface area (Å²) in [6, 6.07) is 0. The van der Waals surface area contributed by atoms with E-state index in [1.165, 1.54) is 44.9 Å². The van der Waals surface area contributed by atoms with Crippen molar-refractivity contribution >= 4 is 28.4 Å². The van der Waals surface area contributed by atoms with Crippen LogP contribution in [0.15, 0.2) is 0 Å². The molecule has 0 bridgehead atoms. The summed E-state index contributed by atoms with van der Waals surface area (Å²) < 4.78 is 1.05. The standard InChI is InChI=1S/C16H26IN3/c1-11(2)10-13-14(17)15(18)20-16(19-13)12-8-6-4-3-5-7-9-12/h11-12H,3-10H2,1-2H3,(H2,18,19,20). The van der Waals surface area contributed by atoms with Crippen LogP contribution in [0.25, 0.3) is 0 Å². The number of halogens is 1. The van der Waals surface area contributed by atoms with E-state index in [-0.39, 0.29) is 0 Å². The summed E-state index contributed by atoms with van der Waals surface area (Å²) in [5, 5.41) is 0. The molecule has 0 aliphatic heterocycles. The fourth-order valence-corrected chi connectivity index (χ4v) is 3.41. The predicted octanol–water partition coefficient (Wildman–Crippen LogP) is 4.69. The van der Waals surface area contributed by atoms with Crippen molar-refractivity contribution in [2.45, 2.75) is 71.1 Å². The predicted molar refractivity (Wildman–Crippen MR) is 92.8 cm³/mol. The Morgan fingerprint density at radius 3 is 2.30 bits per heavy atom. The van der Waals surface area contributed by atoms with Crippen molar-refractivity contribution < 1.29 is 0 Å². The maximum atomic E-state index is 6.12. The van der Waals surface area contributed by atoms with Crippen molar-refractivity contribution in [2.75, 3.05) is 5.73 Å². The van der Waals surface area contributed by atoms with Gasteiger partial charge < -0.3 is 5.73 Å². The van der Waals surface area contributed by atoms with Crippen LogP contribution in [0.4, 0.5) is 5.82 Å². The minimum Gasteiger partial charge on any atom is -0.383 e. The minimum absolute atomic E-state index is 0.514. The molecule has 0 saturated heterocycles. The van der Waals surface area contributed by atoms with Gasteiger partial charge in [0, 0.05) is 5.92 Å². The van der Waals surface area contributed by atoms with E-state index in [1.807, 2.05) is 0 Å². The molecule has 1 aromatic rings. The molecular formula is C16H26IN3. The molecule has 0 amide bonds. The van der Waals surface area contributed by atoms with Crippen molar-refractivity contribution in [1.82, 2.24) is 9.97 Å². The first-order valence-corrected chi connectivity index (χ1v) is 8.97. The van der Waals surface area contributed by atoms with Gasteiger partial charge in [0.2, 0.25) is 0 Å². The average Bonchev–Trinajstić information content (AvgIpc) is 2.33. The van der Waals surface area contributed by atoms with Gasteiger partial charge in [-0.15, -0.1) is 0 Å². The molecule has 112 valence electrons. The third-order valence-corrected chi connectivity index (χ3v) is 5.21. The van der Waals surface area contributed by atoms with E-state index in [0.29, 0.717) is 17.7 Å². The number of rotatable bonds is 3. The molecule has 4 heteroatoms. The molecule has 1 aromatic heterocycles.